The zero-order chi connectivity index (χ0) is 12.8. The van der Waals surface area contributed by atoms with E-state index in [1.807, 2.05) is 0 Å². The second kappa shape index (κ2) is 6.45. The minimum Gasteiger partial charge on any atom is -0.496 e. The quantitative estimate of drug-likeness (QED) is 0.832. The molecule has 0 aromatic heterocycles. The molecule has 1 unspecified atom stereocenters. The van der Waals surface area contributed by atoms with Gasteiger partial charge in [-0.25, -0.2) is 4.39 Å². The van der Waals surface area contributed by atoms with Gasteiger partial charge >= 0.3 is 0 Å². The molecule has 1 aromatic carbocycles. The Balaban J connectivity index is 3.14. The number of aryl methyl sites for hydroxylation is 1. The molecule has 0 bridgehead atoms. The third-order valence-electron chi connectivity index (χ3n) is 2.71. The zero-order valence-corrected chi connectivity index (χ0v) is 10.6. The highest BCUT2D eigenvalue weighted by molar-refractivity contribution is 5.47. The predicted molar refractivity (Wildman–Crippen MR) is 66.4 cm³/mol. The number of benzene rings is 1. The molecule has 3 nitrogen and oxygen atoms in total. The van der Waals surface area contributed by atoms with Crippen LogP contribution in [-0.2, 0) is 6.42 Å². The minimum atomic E-state index is -1.06. The fraction of sp³-hybridized carbons (Fsp3) is 0.538. The van der Waals surface area contributed by atoms with Gasteiger partial charge in [0.05, 0.1) is 14.2 Å². The van der Waals surface area contributed by atoms with E-state index in [4.69, 9.17) is 15.2 Å². The van der Waals surface area contributed by atoms with Crippen molar-refractivity contribution in [2.75, 3.05) is 20.8 Å². The Morgan fingerprint density at radius 2 is 1.88 bits per heavy atom. The summed E-state index contributed by atoms with van der Waals surface area (Å²) >= 11 is 0. The summed E-state index contributed by atoms with van der Waals surface area (Å²) in [4.78, 5) is 0. The molecule has 4 heteroatoms. The van der Waals surface area contributed by atoms with Crippen LogP contribution in [0, 0.1) is 0 Å². The van der Waals surface area contributed by atoms with Gasteiger partial charge in [-0.15, -0.1) is 0 Å². The van der Waals surface area contributed by atoms with E-state index in [1.165, 1.54) is 14.0 Å². The number of hydrogen-bond acceptors (Lipinski definition) is 3. The lowest BCUT2D eigenvalue weighted by molar-refractivity contribution is 0.342. The van der Waals surface area contributed by atoms with Crippen LogP contribution < -0.4 is 15.2 Å². The van der Waals surface area contributed by atoms with Crippen LogP contribution in [0.25, 0.3) is 0 Å². The number of halogens is 1. The van der Waals surface area contributed by atoms with E-state index in [-0.39, 0.29) is 0 Å². The summed E-state index contributed by atoms with van der Waals surface area (Å²) < 4.78 is 23.9. The van der Waals surface area contributed by atoms with Crippen molar-refractivity contribution in [1.82, 2.24) is 0 Å². The average Bonchev–Trinajstić information content (AvgIpc) is 2.34. The average molecular weight is 241 g/mol. The second-order valence-corrected chi connectivity index (χ2v) is 3.91. The van der Waals surface area contributed by atoms with Crippen LogP contribution in [-0.4, -0.2) is 20.8 Å². The van der Waals surface area contributed by atoms with Gasteiger partial charge in [-0.2, -0.15) is 0 Å². The highest BCUT2D eigenvalue weighted by Crippen LogP contribution is 2.34. The molecule has 1 rings (SSSR count). The maximum Gasteiger partial charge on any atom is 0.128 e. The summed E-state index contributed by atoms with van der Waals surface area (Å²) in [5.41, 5.74) is 7.01. The van der Waals surface area contributed by atoms with Crippen molar-refractivity contribution in [3.05, 3.63) is 23.3 Å². The normalized spacial score (nSPS) is 12.3. The van der Waals surface area contributed by atoms with E-state index < -0.39 is 6.17 Å². The van der Waals surface area contributed by atoms with E-state index in [2.05, 4.69) is 0 Å². The van der Waals surface area contributed by atoms with Crippen molar-refractivity contribution in [2.24, 2.45) is 5.73 Å². The summed E-state index contributed by atoms with van der Waals surface area (Å²) in [7, 11) is 3.12. The number of methoxy groups -OCH3 is 2. The molecule has 0 amide bonds. The largest absolute Gasteiger partial charge is 0.496 e. The van der Waals surface area contributed by atoms with E-state index >= 15 is 0 Å². The number of ether oxygens (including phenoxy) is 2. The zero-order valence-electron chi connectivity index (χ0n) is 10.6. The smallest absolute Gasteiger partial charge is 0.128 e. The Hall–Kier alpha value is -1.29. The SMILES string of the molecule is COc1cc(OC)c(C(C)F)cc1CCCN. The van der Waals surface area contributed by atoms with Gasteiger partial charge in [-0.3, -0.25) is 0 Å². The van der Waals surface area contributed by atoms with Crippen LogP contribution >= 0.6 is 0 Å². The Labute approximate surface area is 102 Å². The standard InChI is InChI=1S/C13H20FNO2/c1-9(14)11-7-10(5-4-6-15)12(16-2)8-13(11)17-3/h7-9H,4-6,15H2,1-3H3. The molecule has 0 aliphatic rings. The van der Waals surface area contributed by atoms with Crippen LogP contribution in [0.5, 0.6) is 11.5 Å². The van der Waals surface area contributed by atoms with Crippen LogP contribution in [0.1, 0.15) is 30.6 Å². The van der Waals surface area contributed by atoms with Gasteiger partial charge in [-0.05, 0) is 37.9 Å². The Bertz CT molecular complexity index is 367. The Morgan fingerprint density at radius 1 is 1.24 bits per heavy atom. The van der Waals surface area contributed by atoms with E-state index in [0.29, 0.717) is 17.9 Å². The van der Waals surface area contributed by atoms with Crippen molar-refractivity contribution in [3.8, 4) is 11.5 Å². The summed E-state index contributed by atoms with van der Waals surface area (Å²) in [6, 6.07) is 3.54. The van der Waals surface area contributed by atoms with E-state index in [9.17, 15) is 4.39 Å². The first-order valence-corrected chi connectivity index (χ1v) is 5.73. The molecule has 1 atom stereocenters. The molecular formula is C13H20FNO2. The predicted octanol–water partition coefficient (Wildman–Crippen LogP) is 2.63. The van der Waals surface area contributed by atoms with E-state index in [0.717, 1.165) is 24.2 Å². The molecule has 0 heterocycles. The molecule has 0 radical (unpaired) electrons. The van der Waals surface area contributed by atoms with Crippen LogP contribution in [0.15, 0.2) is 12.1 Å². The van der Waals surface area contributed by atoms with Crippen molar-refractivity contribution in [1.29, 1.82) is 0 Å². The first-order valence-electron chi connectivity index (χ1n) is 5.73. The highest BCUT2D eigenvalue weighted by Gasteiger charge is 2.15. The molecule has 0 saturated heterocycles. The van der Waals surface area contributed by atoms with Crippen molar-refractivity contribution in [2.45, 2.75) is 25.9 Å². The fourth-order valence-corrected chi connectivity index (χ4v) is 1.79. The maximum atomic E-state index is 13.5. The lowest BCUT2D eigenvalue weighted by Crippen LogP contribution is -2.03. The number of alkyl halides is 1. The molecule has 2 N–H and O–H groups in total. The lowest BCUT2D eigenvalue weighted by atomic mass is 10.0. The monoisotopic (exact) mass is 241 g/mol. The molecule has 0 aliphatic carbocycles. The summed E-state index contributed by atoms with van der Waals surface area (Å²) in [6.45, 7) is 2.10. The molecule has 0 fully saturated rings. The van der Waals surface area contributed by atoms with Crippen LogP contribution in [0.3, 0.4) is 0 Å². The highest BCUT2D eigenvalue weighted by atomic mass is 19.1. The van der Waals surface area contributed by atoms with E-state index in [1.54, 1.807) is 19.2 Å². The van der Waals surface area contributed by atoms with Gasteiger partial charge in [0.2, 0.25) is 0 Å². The molecule has 1 aromatic rings. The van der Waals surface area contributed by atoms with Gasteiger partial charge in [0, 0.05) is 11.6 Å². The fourth-order valence-electron chi connectivity index (χ4n) is 1.79. The second-order valence-electron chi connectivity index (χ2n) is 3.91. The topological polar surface area (TPSA) is 44.5 Å². The first-order chi connectivity index (χ1) is 8.13. The van der Waals surface area contributed by atoms with Crippen molar-refractivity contribution in [3.63, 3.8) is 0 Å². The van der Waals surface area contributed by atoms with Crippen molar-refractivity contribution < 1.29 is 13.9 Å². The van der Waals surface area contributed by atoms with Gasteiger partial charge < -0.3 is 15.2 Å². The van der Waals surface area contributed by atoms with Gasteiger partial charge in [-0.1, -0.05) is 0 Å². The third-order valence-corrected chi connectivity index (χ3v) is 2.71. The number of rotatable bonds is 6. The molecule has 0 aliphatic heterocycles. The maximum absolute atomic E-state index is 13.5. The minimum absolute atomic E-state index is 0.522. The Kier molecular flexibility index (Phi) is 5.22. The molecule has 0 saturated carbocycles. The van der Waals surface area contributed by atoms with Gasteiger partial charge in [0.15, 0.2) is 0 Å². The van der Waals surface area contributed by atoms with Gasteiger partial charge in [0.25, 0.3) is 0 Å². The lowest BCUT2D eigenvalue weighted by Gasteiger charge is -2.15. The summed E-state index contributed by atoms with van der Waals surface area (Å²) in [6.07, 6.45) is 0.569. The molecular weight excluding hydrogens is 221 g/mol. The van der Waals surface area contributed by atoms with Crippen LogP contribution in [0.2, 0.25) is 0 Å². The van der Waals surface area contributed by atoms with Crippen LogP contribution in [0.4, 0.5) is 4.39 Å². The van der Waals surface area contributed by atoms with Crippen molar-refractivity contribution >= 4 is 0 Å². The van der Waals surface area contributed by atoms with Gasteiger partial charge in [0.1, 0.15) is 17.7 Å². The first kappa shape index (κ1) is 13.8. The third kappa shape index (κ3) is 3.33. The summed E-state index contributed by atoms with van der Waals surface area (Å²) in [5, 5.41) is 0. The summed E-state index contributed by atoms with van der Waals surface area (Å²) in [5.74, 6) is 1.24. The Morgan fingerprint density at radius 3 is 2.35 bits per heavy atom. The number of hydrogen-bond donors (Lipinski definition) is 1. The molecule has 0 spiro atoms. The number of nitrogens with two attached hydrogens (primary N) is 1. The molecule has 17 heavy (non-hydrogen) atoms. The molecule has 96 valence electrons.